The summed E-state index contributed by atoms with van der Waals surface area (Å²) in [6.45, 7) is 0. The van der Waals surface area contributed by atoms with Crippen molar-refractivity contribution in [3.8, 4) is 11.1 Å². The van der Waals surface area contributed by atoms with Crippen LogP contribution in [-0.2, 0) is 4.74 Å². The van der Waals surface area contributed by atoms with E-state index in [1.54, 1.807) is 0 Å². The Kier molecular flexibility index (Phi) is 3.19. The molecule has 2 nitrogen and oxygen atoms in total. The first-order valence-corrected chi connectivity index (χ1v) is 8.61. The highest BCUT2D eigenvalue weighted by Gasteiger charge is 2.10. The molecule has 0 bridgehead atoms. The van der Waals surface area contributed by atoms with Gasteiger partial charge in [0.1, 0.15) is 0 Å². The van der Waals surface area contributed by atoms with E-state index in [1.165, 1.54) is 39.4 Å². The van der Waals surface area contributed by atoms with E-state index in [4.69, 9.17) is 4.74 Å². The summed E-state index contributed by atoms with van der Waals surface area (Å²) in [5.74, 6) is -0.313. The number of esters is 1. The first-order chi connectivity index (χ1) is 12.7. The maximum absolute atomic E-state index is 11.6. The number of hydrogen-bond donors (Lipinski definition) is 0. The van der Waals surface area contributed by atoms with Gasteiger partial charge in [0.25, 0.3) is 0 Å². The van der Waals surface area contributed by atoms with Gasteiger partial charge in [-0.2, -0.15) is 0 Å². The van der Waals surface area contributed by atoms with Crippen molar-refractivity contribution in [3.05, 3.63) is 84.4 Å². The van der Waals surface area contributed by atoms with Gasteiger partial charge in [-0.3, -0.25) is 0 Å². The van der Waals surface area contributed by atoms with E-state index in [-0.39, 0.29) is 5.97 Å². The lowest BCUT2D eigenvalue weighted by Gasteiger charge is -2.13. The fraction of sp³-hybridized carbons (Fsp3) is 0.0417. The Morgan fingerprint density at radius 2 is 1.19 bits per heavy atom. The molecular formula is C24H16O2. The van der Waals surface area contributed by atoms with Gasteiger partial charge in [-0.15, -0.1) is 0 Å². The average molecular weight is 336 g/mol. The molecule has 0 aliphatic rings. The average Bonchev–Trinajstić information content (AvgIpc) is 2.71. The van der Waals surface area contributed by atoms with Crippen LogP contribution in [0.25, 0.3) is 43.4 Å². The first kappa shape index (κ1) is 14.9. The zero-order valence-electron chi connectivity index (χ0n) is 14.3. The van der Waals surface area contributed by atoms with Crippen molar-refractivity contribution in [3.63, 3.8) is 0 Å². The fourth-order valence-corrected chi connectivity index (χ4v) is 3.84. The second kappa shape index (κ2) is 5.57. The van der Waals surface area contributed by atoms with Gasteiger partial charge in [-0.25, -0.2) is 4.79 Å². The lowest BCUT2D eigenvalue weighted by Crippen LogP contribution is -2.00. The molecule has 0 aromatic heterocycles. The van der Waals surface area contributed by atoms with Crippen molar-refractivity contribution >= 4 is 38.3 Å². The van der Waals surface area contributed by atoms with Crippen molar-refractivity contribution in [2.24, 2.45) is 0 Å². The molecule has 0 radical (unpaired) electrons. The topological polar surface area (TPSA) is 26.3 Å². The van der Waals surface area contributed by atoms with Crippen molar-refractivity contribution in [2.75, 3.05) is 7.11 Å². The zero-order chi connectivity index (χ0) is 17.7. The predicted molar refractivity (Wildman–Crippen MR) is 107 cm³/mol. The number of rotatable bonds is 2. The molecule has 0 spiro atoms. The number of methoxy groups -OCH3 is 1. The highest BCUT2D eigenvalue weighted by atomic mass is 16.5. The van der Waals surface area contributed by atoms with Crippen LogP contribution < -0.4 is 0 Å². The number of carbonyl (C=O) groups is 1. The quantitative estimate of drug-likeness (QED) is 0.290. The maximum Gasteiger partial charge on any atom is 0.337 e. The predicted octanol–water partition coefficient (Wildman–Crippen LogP) is 6.04. The molecule has 0 aliphatic carbocycles. The standard InChI is InChI=1S/C24H16O2/c1-26-24(25)18-9-5-15(6-10-18)21-13-19-11-7-16-3-2-4-17-8-12-20(14-21)23(19)22(16)17/h2-14H,1H3. The summed E-state index contributed by atoms with van der Waals surface area (Å²) in [7, 11) is 1.40. The Bertz CT molecular complexity index is 1200. The van der Waals surface area contributed by atoms with Gasteiger partial charge >= 0.3 is 5.97 Å². The minimum absolute atomic E-state index is 0.313. The van der Waals surface area contributed by atoms with E-state index in [0.29, 0.717) is 5.56 Å². The summed E-state index contributed by atoms with van der Waals surface area (Å²) in [4.78, 5) is 11.6. The van der Waals surface area contributed by atoms with Crippen molar-refractivity contribution in [1.82, 2.24) is 0 Å². The number of ether oxygens (including phenoxy) is 1. The Morgan fingerprint density at radius 3 is 1.77 bits per heavy atom. The summed E-state index contributed by atoms with van der Waals surface area (Å²) in [6, 6.07) is 27.2. The molecular weight excluding hydrogens is 320 g/mol. The maximum atomic E-state index is 11.6. The van der Waals surface area contributed by atoms with Gasteiger partial charge in [0.05, 0.1) is 12.7 Å². The Labute approximate surface area is 151 Å². The highest BCUT2D eigenvalue weighted by Crippen LogP contribution is 2.37. The summed E-state index contributed by atoms with van der Waals surface area (Å²) in [5.41, 5.74) is 2.80. The molecule has 0 N–H and O–H groups in total. The highest BCUT2D eigenvalue weighted by molar-refractivity contribution is 6.23. The summed E-state index contributed by atoms with van der Waals surface area (Å²) in [6.07, 6.45) is 0. The van der Waals surface area contributed by atoms with Crippen molar-refractivity contribution < 1.29 is 9.53 Å². The van der Waals surface area contributed by atoms with Crippen LogP contribution in [0, 0.1) is 0 Å². The van der Waals surface area contributed by atoms with Crippen LogP contribution >= 0.6 is 0 Å². The minimum atomic E-state index is -0.313. The molecule has 0 fully saturated rings. The van der Waals surface area contributed by atoms with Crippen LogP contribution in [0.1, 0.15) is 10.4 Å². The van der Waals surface area contributed by atoms with E-state index in [9.17, 15) is 4.79 Å². The molecule has 0 aliphatic heterocycles. The Hall–Kier alpha value is -3.39. The molecule has 26 heavy (non-hydrogen) atoms. The van der Waals surface area contributed by atoms with E-state index in [2.05, 4.69) is 54.6 Å². The summed E-state index contributed by atoms with van der Waals surface area (Å²) in [5, 5.41) is 7.66. The third-order valence-electron chi connectivity index (χ3n) is 5.10. The van der Waals surface area contributed by atoms with Gasteiger partial charge < -0.3 is 4.74 Å². The zero-order valence-corrected chi connectivity index (χ0v) is 14.3. The largest absolute Gasteiger partial charge is 0.465 e. The molecule has 0 unspecified atom stereocenters. The lowest BCUT2D eigenvalue weighted by atomic mass is 9.91. The molecule has 0 saturated carbocycles. The van der Waals surface area contributed by atoms with Crippen LogP contribution in [-0.4, -0.2) is 13.1 Å². The SMILES string of the molecule is COC(=O)c1ccc(-c2cc3ccc4cccc5ccc(c2)c3c45)cc1. The number of hydrogen-bond acceptors (Lipinski definition) is 2. The third-order valence-corrected chi connectivity index (χ3v) is 5.10. The monoisotopic (exact) mass is 336 g/mol. The number of carbonyl (C=O) groups excluding carboxylic acids is 1. The second-order valence-corrected chi connectivity index (χ2v) is 6.58. The molecule has 2 heteroatoms. The second-order valence-electron chi connectivity index (χ2n) is 6.58. The fourth-order valence-electron chi connectivity index (χ4n) is 3.84. The van der Waals surface area contributed by atoms with Gasteiger partial charge in [-0.05, 0) is 67.7 Å². The number of benzene rings is 5. The van der Waals surface area contributed by atoms with Gasteiger partial charge in [0.2, 0.25) is 0 Å². The molecule has 5 aromatic carbocycles. The van der Waals surface area contributed by atoms with Crippen molar-refractivity contribution in [2.45, 2.75) is 0 Å². The smallest absolute Gasteiger partial charge is 0.337 e. The van der Waals surface area contributed by atoms with Crippen molar-refractivity contribution in [1.29, 1.82) is 0 Å². The van der Waals surface area contributed by atoms with Crippen LogP contribution in [0.15, 0.2) is 78.9 Å². The molecule has 0 heterocycles. The molecule has 0 amide bonds. The summed E-state index contributed by atoms with van der Waals surface area (Å²) >= 11 is 0. The van der Waals surface area contributed by atoms with Crippen LogP contribution in [0.2, 0.25) is 0 Å². The molecule has 0 saturated heterocycles. The van der Waals surface area contributed by atoms with Crippen LogP contribution in [0.4, 0.5) is 0 Å². The van der Waals surface area contributed by atoms with E-state index < -0.39 is 0 Å². The Balaban J connectivity index is 1.73. The van der Waals surface area contributed by atoms with Crippen LogP contribution in [0.3, 0.4) is 0 Å². The molecule has 0 atom stereocenters. The normalized spacial score (nSPS) is 11.4. The molecule has 124 valence electrons. The van der Waals surface area contributed by atoms with E-state index >= 15 is 0 Å². The van der Waals surface area contributed by atoms with Gasteiger partial charge in [-0.1, -0.05) is 54.6 Å². The van der Waals surface area contributed by atoms with Gasteiger partial charge in [0, 0.05) is 0 Å². The van der Waals surface area contributed by atoms with Gasteiger partial charge in [0.15, 0.2) is 0 Å². The molecule has 5 aromatic rings. The first-order valence-electron chi connectivity index (χ1n) is 8.61. The minimum Gasteiger partial charge on any atom is -0.465 e. The van der Waals surface area contributed by atoms with E-state index in [0.717, 1.165) is 11.1 Å². The summed E-state index contributed by atoms with van der Waals surface area (Å²) < 4.78 is 4.78. The third kappa shape index (κ3) is 2.16. The molecule has 5 rings (SSSR count). The van der Waals surface area contributed by atoms with Crippen LogP contribution in [0.5, 0.6) is 0 Å². The van der Waals surface area contributed by atoms with E-state index in [1.807, 2.05) is 24.3 Å². The Morgan fingerprint density at radius 1 is 0.654 bits per heavy atom. The lowest BCUT2D eigenvalue weighted by molar-refractivity contribution is 0.0601.